The molecule has 0 radical (unpaired) electrons. The minimum atomic E-state index is -0.366. The number of pyridine rings is 1. The second kappa shape index (κ2) is 11.5. The fourth-order valence-electron chi connectivity index (χ4n) is 2.74. The van der Waals surface area contributed by atoms with Crippen LogP contribution >= 0.6 is 0 Å². The number of aromatic nitrogens is 1. The first-order chi connectivity index (χ1) is 15.9. The number of hydrogen-bond acceptors (Lipinski definition) is 6. The van der Waals surface area contributed by atoms with Crippen molar-refractivity contribution in [3.63, 3.8) is 0 Å². The summed E-state index contributed by atoms with van der Waals surface area (Å²) < 4.78 is 11.4. The van der Waals surface area contributed by atoms with Gasteiger partial charge in [0.15, 0.2) is 0 Å². The third-order valence-corrected chi connectivity index (χ3v) is 4.46. The highest BCUT2D eigenvalue weighted by Crippen LogP contribution is 2.23. The molecule has 0 unspecified atom stereocenters. The summed E-state index contributed by atoms with van der Waals surface area (Å²) in [6, 6.07) is 16.9. The lowest BCUT2D eigenvalue weighted by atomic mass is 10.3. The van der Waals surface area contributed by atoms with Crippen molar-refractivity contribution >= 4 is 23.3 Å². The van der Waals surface area contributed by atoms with E-state index in [0.29, 0.717) is 29.5 Å². The van der Waals surface area contributed by atoms with Crippen LogP contribution in [-0.2, 0) is 0 Å². The summed E-state index contributed by atoms with van der Waals surface area (Å²) in [5.41, 5.74) is 1.51. The van der Waals surface area contributed by atoms with Crippen LogP contribution in [0.2, 0.25) is 0 Å². The predicted molar refractivity (Wildman–Crippen MR) is 127 cm³/mol. The van der Waals surface area contributed by atoms with Gasteiger partial charge in [0.05, 0.1) is 0 Å². The molecule has 33 heavy (non-hydrogen) atoms. The number of carbonyl (C=O) groups is 2. The molecule has 1 heterocycles. The van der Waals surface area contributed by atoms with Crippen molar-refractivity contribution in [2.24, 2.45) is 0 Å². The monoisotopic (exact) mass is 449 g/mol. The Morgan fingerprint density at radius 3 is 2.06 bits per heavy atom. The molecular formula is C24H27N5O4. The first kappa shape index (κ1) is 23.6. The van der Waals surface area contributed by atoms with Crippen molar-refractivity contribution in [2.45, 2.75) is 0 Å². The molecule has 3 amide bonds. The molecule has 9 nitrogen and oxygen atoms in total. The van der Waals surface area contributed by atoms with Crippen LogP contribution < -0.4 is 25.4 Å². The second-order valence-corrected chi connectivity index (χ2v) is 7.34. The summed E-state index contributed by atoms with van der Waals surface area (Å²) in [4.78, 5) is 30.0. The Balaban J connectivity index is 1.50. The molecule has 3 aromatic rings. The van der Waals surface area contributed by atoms with Crippen molar-refractivity contribution in [1.29, 1.82) is 0 Å². The third kappa shape index (κ3) is 7.51. The van der Waals surface area contributed by atoms with Gasteiger partial charge >= 0.3 is 6.03 Å². The molecule has 0 aliphatic carbocycles. The summed E-state index contributed by atoms with van der Waals surface area (Å²) in [5.74, 6) is 1.49. The van der Waals surface area contributed by atoms with Crippen molar-refractivity contribution in [3.05, 3.63) is 72.6 Å². The minimum absolute atomic E-state index is 0.262. The summed E-state index contributed by atoms with van der Waals surface area (Å²) in [6.45, 7) is 1.42. The number of urea groups is 1. The Morgan fingerprint density at radius 1 is 0.879 bits per heavy atom. The van der Waals surface area contributed by atoms with Gasteiger partial charge in [0.25, 0.3) is 5.91 Å². The summed E-state index contributed by atoms with van der Waals surface area (Å²) in [7, 11) is 5.51. The third-order valence-electron chi connectivity index (χ3n) is 4.46. The molecule has 0 fully saturated rings. The largest absolute Gasteiger partial charge is 0.492 e. The summed E-state index contributed by atoms with van der Waals surface area (Å²) >= 11 is 0. The molecule has 3 rings (SSSR count). The van der Waals surface area contributed by atoms with Crippen LogP contribution in [-0.4, -0.2) is 56.1 Å². The van der Waals surface area contributed by atoms with Crippen LogP contribution in [0, 0.1) is 0 Å². The van der Waals surface area contributed by atoms with E-state index in [9.17, 15) is 9.59 Å². The van der Waals surface area contributed by atoms with Gasteiger partial charge in [-0.05, 0) is 68.7 Å². The van der Waals surface area contributed by atoms with Gasteiger partial charge in [-0.25, -0.2) is 4.79 Å². The number of carbonyl (C=O) groups excluding carboxylic acids is 2. The van der Waals surface area contributed by atoms with Crippen molar-refractivity contribution < 1.29 is 19.1 Å². The Bertz CT molecular complexity index is 1070. The SMILES string of the molecule is CNC(=O)c1cc(Oc2ccc(NC(=O)Nc3ccc(OCCN(C)C)cc3)cc2)ccn1. The molecule has 0 saturated heterocycles. The number of rotatable bonds is 9. The highest BCUT2D eigenvalue weighted by atomic mass is 16.5. The number of nitrogens with zero attached hydrogens (tertiary/aromatic N) is 2. The van der Waals surface area contributed by atoms with E-state index in [1.54, 1.807) is 48.5 Å². The Kier molecular flexibility index (Phi) is 8.20. The van der Waals surface area contributed by atoms with Gasteiger partial charge in [0.1, 0.15) is 29.5 Å². The second-order valence-electron chi connectivity index (χ2n) is 7.34. The first-order valence-corrected chi connectivity index (χ1v) is 10.3. The highest BCUT2D eigenvalue weighted by molar-refractivity contribution is 5.99. The van der Waals surface area contributed by atoms with E-state index in [2.05, 4.69) is 20.9 Å². The zero-order valence-corrected chi connectivity index (χ0v) is 18.8. The summed E-state index contributed by atoms with van der Waals surface area (Å²) in [5, 5.41) is 8.07. The molecule has 1 aromatic heterocycles. The van der Waals surface area contributed by atoms with E-state index in [1.807, 2.05) is 31.1 Å². The molecule has 0 spiro atoms. The first-order valence-electron chi connectivity index (χ1n) is 10.3. The van der Waals surface area contributed by atoms with E-state index < -0.39 is 0 Å². The lowest BCUT2D eigenvalue weighted by Gasteiger charge is -2.12. The molecule has 0 saturated carbocycles. The molecule has 0 aliphatic rings. The highest BCUT2D eigenvalue weighted by Gasteiger charge is 2.08. The molecular weight excluding hydrogens is 422 g/mol. The minimum Gasteiger partial charge on any atom is -0.492 e. The Labute approximate surface area is 192 Å². The van der Waals surface area contributed by atoms with Crippen LogP contribution in [0.25, 0.3) is 0 Å². The zero-order valence-electron chi connectivity index (χ0n) is 18.8. The maximum atomic E-state index is 12.3. The maximum Gasteiger partial charge on any atom is 0.323 e. The van der Waals surface area contributed by atoms with Crippen LogP contribution in [0.3, 0.4) is 0 Å². The fraction of sp³-hybridized carbons (Fsp3) is 0.208. The quantitative estimate of drug-likeness (QED) is 0.459. The Morgan fingerprint density at radius 2 is 1.48 bits per heavy atom. The normalized spacial score (nSPS) is 10.4. The molecule has 0 aliphatic heterocycles. The average molecular weight is 450 g/mol. The maximum absolute atomic E-state index is 12.3. The van der Waals surface area contributed by atoms with E-state index in [1.165, 1.54) is 13.2 Å². The van der Waals surface area contributed by atoms with E-state index in [4.69, 9.17) is 9.47 Å². The molecule has 2 aromatic carbocycles. The summed E-state index contributed by atoms with van der Waals surface area (Å²) in [6.07, 6.45) is 1.50. The predicted octanol–water partition coefficient (Wildman–Crippen LogP) is 3.82. The zero-order chi connectivity index (χ0) is 23.6. The molecule has 0 bridgehead atoms. The smallest absolute Gasteiger partial charge is 0.323 e. The van der Waals surface area contributed by atoms with E-state index in [0.717, 1.165) is 12.3 Å². The van der Waals surface area contributed by atoms with Crippen molar-refractivity contribution in [2.75, 3.05) is 44.9 Å². The number of benzene rings is 2. The number of anilines is 2. The van der Waals surface area contributed by atoms with Gasteiger partial charge < -0.3 is 30.3 Å². The van der Waals surface area contributed by atoms with E-state index in [-0.39, 0.29) is 17.6 Å². The fourth-order valence-corrected chi connectivity index (χ4v) is 2.74. The molecule has 172 valence electrons. The van der Waals surface area contributed by atoms with Gasteiger partial charge in [-0.2, -0.15) is 0 Å². The lowest BCUT2D eigenvalue weighted by molar-refractivity contribution is 0.0958. The Hall–Kier alpha value is -4.11. The number of amides is 3. The standard InChI is InChI=1S/C24H27N5O4/c1-25-23(30)22-16-21(12-13-26-22)33-20-10-6-18(7-11-20)28-24(31)27-17-4-8-19(9-5-17)32-15-14-29(2)3/h4-13,16H,14-15H2,1-3H3,(H,25,30)(H2,27,28,31). The van der Waals surface area contributed by atoms with E-state index >= 15 is 0 Å². The number of nitrogens with one attached hydrogen (secondary N) is 3. The molecule has 3 N–H and O–H groups in total. The topological polar surface area (TPSA) is 105 Å². The van der Waals surface area contributed by atoms with Crippen LogP contribution in [0.15, 0.2) is 66.9 Å². The number of hydrogen-bond donors (Lipinski definition) is 3. The molecule has 0 atom stereocenters. The lowest BCUT2D eigenvalue weighted by Crippen LogP contribution is -2.20. The number of ether oxygens (including phenoxy) is 2. The average Bonchev–Trinajstić information content (AvgIpc) is 2.81. The number of likely N-dealkylation sites (N-methyl/N-ethyl adjacent to an activating group) is 1. The van der Waals surface area contributed by atoms with Crippen molar-refractivity contribution in [3.8, 4) is 17.2 Å². The van der Waals surface area contributed by atoms with Gasteiger partial charge in [0, 0.05) is 37.2 Å². The van der Waals surface area contributed by atoms with Crippen LogP contribution in [0.1, 0.15) is 10.5 Å². The van der Waals surface area contributed by atoms with Crippen molar-refractivity contribution in [1.82, 2.24) is 15.2 Å². The van der Waals surface area contributed by atoms with Gasteiger partial charge in [0.2, 0.25) is 0 Å². The van der Waals surface area contributed by atoms with Crippen LogP contribution in [0.5, 0.6) is 17.2 Å². The van der Waals surface area contributed by atoms with Gasteiger partial charge in [-0.3, -0.25) is 9.78 Å². The van der Waals surface area contributed by atoms with Gasteiger partial charge in [-0.15, -0.1) is 0 Å². The molecule has 9 heteroatoms. The van der Waals surface area contributed by atoms with Crippen LogP contribution in [0.4, 0.5) is 16.2 Å². The van der Waals surface area contributed by atoms with Gasteiger partial charge in [-0.1, -0.05) is 0 Å².